The number of nitrogens with one attached hydrogen (secondary N) is 1. The van der Waals surface area contributed by atoms with Crippen molar-refractivity contribution in [3.63, 3.8) is 0 Å². The highest BCUT2D eigenvalue weighted by atomic mass is 32.2. The van der Waals surface area contributed by atoms with E-state index in [-0.39, 0.29) is 11.7 Å². The molecule has 7 heteroatoms. The number of carbonyl (C=O) groups is 1. The fourth-order valence-corrected chi connectivity index (χ4v) is 4.73. The Morgan fingerprint density at radius 1 is 0.879 bits per heavy atom. The highest BCUT2D eigenvalue weighted by Crippen LogP contribution is 2.27. The third kappa shape index (κ3) is 4.78. The molecule has 1 N–H and O–H groups in total. The third-order valence-corrected chi connectivity index (χ3v) is 6.65. The predicted molar refractivity (Wildman–Crippen MR) is 132 cm³/mol. The van der Waals surface area contributed by atoms with Crippen molar-refractivity contribution in [2.45, 2.75) is 4.90 Å². The molecule has 0 bridgehead atoms. The van der Waals surface area contributed by atoms with Crippen LogP contribution in [0.15, 0.2) is 90.0 Å². The van der Waals surface area contributed by atoms with Crippen LogP contribution < -0.4 is 9.62 Å². The molecular weight excluding hydrogens is 435 g/mol. The standard InChI is InChI=1S/C26H23FN4OS/c27-21-8-12-23(13-9-21)30-15-17-31(18-16-30)26(32)20-6-10-22(11-7-20)29-33-24-5-1-3-19-4-2-14-28-25(19)24/h1-14,29H,15-18H2. The van der Waals surface area contributed by atoms with Crippen molar-refractivity contribution in [3.05, 3.63) is 96.4 Å². The molecule has 0 aliphatic carbocycles. The first kappa shape index (κ1) is 21.3. The Hall–Kier alpha value is -3.58. The molecule has 3 aromatic carbocycles. The second-order valence-corrected chi connectivity index (χ2v) is 8.72. The fourth-order valence-electron chi connectivity index (χ4n) is 3.96. The molecule has 4 aromatic rings. The molecule has 1 aromatic heterocycles. The van der Waals surface area contributed by atoms with Crippen molar-refractivity contribution >= 4 is 40.1 Å². The van der Waals surface area contributed by atoms with Crippen molar-refractivity contribution in [2.24, 2.45) is 0 Å². The van der Waals surface area contributed by atoms with E-state index in [1.807, 2.05) is 59.5 Å². The van der Waals surface area contributed by atoms with Crippen LogP contribution in [0.25, 0.3) is 10.9 Å². The highest BCUT2D eigenvalue weighted by Gasteiger charge is 2.22. The number of hydrogen-bond donors (Lipinski definition) is 1. The number of para-hydroxylation sites is 1. The number of halogens is 1. The molecule has 166 valence electrons. The summed E-state index contributed by atoms with van der Waals surface area (Å²) in [4.78, 5) is 22.5. The summed E-state index contributed by atoms with van der Waals surface area (Å²) in [5.74, 6) is -0.205. The SMILES string of the molecule is O=C(c1ccc(NSc2cccc3cccnc23)cc1)N1CCN(c2ccc(F)cc2)CC1. The Bertz CT molecular complexity index is 1250. The van der Waals surface area contributed by atoms with E-state index in [0.717, 1.165) is 40.3 Å². The highest BCUT2D eigenvalue weighted by molar-refractivity contribution is 8.00. The van der Waals surface area contributed by atoms with Gasteiger partial charge in [0.15, 0.2) is 0 Å². The number of pyridine rings is 1. The Balaban J connectivity index is 1.18. The molecule has 1 aliphatic heterocycles. The maximum absolute atomic E-state index is 13.2. The van der Waals surface area contributed by atoms with Gasteiger partial charge >= 0.3 is 0 Å². The summed E-state index contributed by atoms with van der Waals surface area (Å²) in [7, 11) is 0. The van der Waals surface area contributed by atoms with Crippen molar-refractivity contribution in [1.29, 1.82) is 0 Å². The minimum Gasteiger partial charge on any atom is -0.368 e. The van der Waals surface area contributed by atoms with E-state index in [4.69, 9.17) is 0 Å². The Labute approximate surface area is 196 Å². The summed E-state index contributed by atoms with van der Waals surface area (Å²) in [6, 6.07) is 24.2. The molecular formula is C26H23FN4OS. The van der Waals surface area contributed by atoms with Crippen molar-refractivity contribution < 1.29 is 9.18 Å². The average molecular weight is 459 g/mol. The molecule has 0 unspecified atom stereocenters. The van der Waals surface area contributed by atoms with Gasteiger partial charge in [0, 0.05) is 54.7 Å². The van der Waals surface area contributed by atoms with E-state index >= 15 is 0 Å². The lowest BCUT2D eigenvalue weighted by Gasteiger charge is -2.36. The maximum atomic E-state index is 13.2. The first-order chi connectivity index (χ1) is 16.2. The zero-order chi connectivity index (χ0) is 22.6. The number of fused-ring (bicyclic) bond motifs is 1. The van der Waals surface area contributed by atoms with Crippen molar-refractivity contribution in [2.75, 3.05) is 35.8 Å². The first-order valence-corrected chi connectivity index (χ1v) is 11.7. The zero-order valence-corrected chi connectivity index (χ0v) is 18.8. The lowest BCUT2D eigenvalue weighted by molar-refractivity contribution is 0.0747. The molecule has 1 amide bonds. The number of nitrogens with zero attached hydrogens (tertiary/aromatic N) is 3. The van der Waals surface area contributed by atoms with Crippen LogP contribution in [0.4, 0.5) is 15.8 Å². The Kier molecular flexibility index (Phi) is 6.13. The van der Waals surface area contributed by atoms with Gasteiger partial charge in [0.05, 0.1) is 10.4 Å². The van der Waals surface area contributed by atoms with Gasteiger partial charge in [-0.25, -0.2) is 4.39 Å². The summed E-state index contributed by atoms with van der Waals surface area (Å²) >= 11 is 1.51. The minimum absolute atomic E-state index is 0.0335. The van der Waals surface area contributed by atoms with E-state index in [9.17, 15) is 9.18 Å². The predicted octanol–water partition coefficient (Wildman–Crippen LogP) is 5.46. The summed E-state index contributed by atoms with van der Waals surface area (Å²) in [6.07, 6.45) is 1.80. The summed E-state index contributed by atoms with van der Waals surface area (Å²) < 4.78 is 16.5. The third-order valence-electron chi connectivity index (χ3n) is 5.77. The number of hydrogen-bond acceptors (Lipinski definition) is 5. The van der Waals surface area contributed by atoms with Crippen LogP contribution >= 0.6 is 11.9 Å². The quantitative estimate of drug-likeness (QED) is 0.403. The molecule has 0 saturated carbocycles. The smallest absolute Gasteiger partial charge is 0.253 e. The second kappa shape index (κ2) is 9.50. The van der Waals surface area contributed by atoms with E-state index in [1.54, 1.807) is 18.3 Å². The lowest BCUT2D eigenvalue weighted by atomic mass is 10.1. The largest absolute Gasteiger partial charge is 0.368 e. The van der Waals surface area contributed by atoms with Crippen LogP contribution in [0.5, 0.6) is 0 Å². The van der Waals surface area contributed by atoms with Gasteiger partial charge in [0.2, 0.25) is 0 Å². The first-order valence-electron chi connectivity index (χ1n) is 10.8. The van der Waals surface area contributed by atoms with Crippen LogP contribution in [0, 0.1) is 5.82 Å². The molecule has 5 nitrogen and oxygen atoms in total. The normalized spacial score (nSPS) is 13.8. The van der Waals surface area contributed by atoms with Gasteiger partial charge in [0.1, 0.15) is 5.82 Å². The number of piperazine rings is 1. The molecule has 1 aliphatic rings. The van der Waals surface area contributed by atoms with E-state index < -0.39 is 0 Å². The number of rotatable bonds is 5. The fraction of sp³-hybridized carbons (Fsp3) is 0.154. The molecule has 0 radical (unpaired) electrons. The van der Waals surface area contributed by atoms with Crippen molar-refractivity contribution in [3.8, 4) is 0 Å². The molecule has 1 saturated heterocycles. The topological polar surface area (TPSA) is 48.5 Å². The monoisotopic (exact) mass is 458 g/mol. The van der Waals surface area contributed by atoms with Gasteiger partial charge in [-0.1, -0.05) is 18.2 Å². The Morgan fingerprint density at radius 2 is 1.61 bits per heavy atom. The van der Waals surface area contributed by atoms with Gasteiger partial charge in [0.25, 0.3) is 5.91 Å². The molecule has 2 heterocycles. The Morgan fingerprint density at radius 3 is 2.36 bits per heavy atom. The number of anilines is 2. The number of aromatic nitrogens is 1. The van der Waals surface area contributed by atoms with E-state index in [1.165, 1.54) is 24.1 Å². The van der Waals surface area contributed by atoms with Crippen LogP contribution in [-0.4, -0.2) is 42.0 Å². The van der Waals surface area contributed by atoms with Gasteiger partial charge < -0.3 is 14.5 Å². The second-order valence-electron chi connectivity index (χ2n) is 7.87. The van der Waals surface area contributed by atoms with Gasteiger partial charge in [-0.15, -0.1) is 0 Å². The molecule has 0 atom stereocenters. The summed E-state index contributed by atoms with van der Waals surface area (Å²) in [5.41, 5.74) is 3.54. The van der Waals surface area contributed by atoms with Crippen LogP contribution in [0.1, 0.15) is 10.4 Å². The molecule has 5 rings (SSSR count). The number of amides is 1. The summed E-state index contributed by atoms with van der Waals surface area (Å²) in [5, 5.41) is 1.10. The van der Waals surface area contributed by atoms with Crippen LogP contribution in [0.3, 0.4) is 0 Å². The lowest BCUT2D eigenvalue weighted by Crippen LogP contribution is -2.48. The maximum Gasteiger partial charge on any atom is 0.253 e. The molecule has 33 heavy (non-hydrogen) atoms. The number of benzene rings is 3. The molecule has 0 spiro atoms. The summed E-state index contributed by atoms with van der Waals surface area (Å²) in [6.45, 7) is 2.74. The van der Waals surface area contributed by atoms with Gasteiger partial charge in [-0.3, -0.25) is 9.78 Å². The minimum atomic E-state index is -0.238. The average Bonchev–Trinajstić information content (AvgIpc) is 2.88. The van der Waals surface area contributed by atoms with E-state index in [2.05, 4.69) is 14.6 Å². The van der Waals surface area contributed by atoms with Gasteiger partial charge in [-0.05, 0) is 72.6 Å². The molecule has 1 fully saturated rings. The zero-order valence-electron chi connectivity index (χ0n) is 17.9. The van der Waals surface area contributed by atoms with Crippen molar-refractivity contribution in [1.82, 2.24) is 9.88 Å². The van der Waals surface area contributed by atoms with Crippen LogP contribution in [-0.2, 0) is 0 Å². The number of carbonyl (C=O) groups excluding carboxylic acids is 1. The van der Waals surface area contributed by atoms with Crippen LogP contribution in [0.2, 0.25) is 0 Å². The van der Waals surface area contributed by atoms with Gasteiger partial charge in [-0.2, -0.15) is 0 Å². The van der Waals surface area contributed by atoms with E-state index in [0.29, 0.717) is 18.7 Å².